The van der Waals surface area contributed by atoms with E-state index >= 15 is 0 Å². The molecule has 0 rings (SSSR count). The number of nitrogens with one attached hydrogen (secondary N) is 2. The van der Waals surface area contributed by atoms with Crippen molar-refractivity contribution in [1.29, 1.82) is 0 Å². The average Bonchev–Trinajstić information content (AvgIpc) is 2.20. The maximum absolute atomic E-state index is 3.74. The highest BCUT2D eigenvalue weighted by atomic mass is 28.3. The summed E-state index contributed by atoms with van der Waals surface area (Å²) in [5.41, 5.74) is 0. The average molecular weight is 202 g/mol. The first kappa shape index (κ1) is 13.1. The van der Waals surface area contributed by atoms with Crippen LogP contribution in [-0.2, 0) is 0 Å². The number of hydrogen-bond acceptors (Lipinski definition) is 2. The van der Waals surface area contributed by atoms with Crippen LogP contribution in [0.3, 0.4) is 0 Å². The lowest BCUT2D eigenvalue weighted by atomic mass is 10.5. The van der Waals surface area contributed by atoms with Crippen molar-refractivity contribution in [1.82, 2.24) is 9.96 Å². The molecule has 3 heteroatoms. The van der Waals surface area contributed by atoms with Gasteiger partial charge in [0.2, 0.25) is 8.40 Å². The Morgan fingerprint density at radius 1 is 0.769 bits per heavy atom. The van der Waals surface area contributed by atoms with Gasteiger partial charge in [-0.2, -0.15) is 0 Å². The quantitative estimate of drug-likeness (QED) is 0.591. The third-order valence-electron chi connectivity index (χ3n) is 2.63. The summed E-state index contributed by atoms with van der Waals surface area (Å²) in [5, 5.41) is 0. The van der Waals surface area contributed by atoms with Crippen LogP contribution in [0.2, 0.25) is 12.1 Å². The van der Waals surface area contributed by atoms with Gasteiger partial charge in [0, 0.05) is 0 Å². The minimum Gasteiger partial charge on any atom is -0.325 e. The van der Waals surface area contributed by atoms with E-state index < -0.39 is 8.40 Å². The molecule has 0 aromatic heterocycles. The van der Waals surface area contributed by atoms with Crippen molar-refractivity contribution < 1.29 is 0 Å². The van der Waals surface area contributed by atoms with E-state index in [2.05, 4.69) is 37.7 Å². The molecule has 80 valence electrons. The zero-order chi connectivity index (χ0) is 10.2. The van der Waals surface area contributed by atoms with Crippen molar-refractivity contribution in [3.8, 4) is 0 Å². The molecule has 0 aromatic carbocycles. The van der Waals surface area contributed by atoms with E-state index in [0.717, 1.165) is 0 Å². The van der Waals surface area contributed by atoms with Crippen LogP contribution in [0.4, 0.5) is 0 Å². The van der Waals surface area contributed by atoms with Crippen LogP contribution in [0, 0.1) is 0 Å². The lowest BCUT2D eigenvalue weighted by Crippen LogP contribution is -2.61. The van der Waals surface area contributed by atoms with Crippen LogP contribution >= 0.6 is 0 Å². The van der Waals surface area contributed by atoms with Gasteiger partial charge in [-0.3, -0.25) is 0 Å². The van der Waals surface area contributed by atoms with Gasteiger partial charge in [0.25, 0.3) is 0 Å². The summed E-state index contributed by atoms with van der Waals surface area (Å²) in [6.07, 6.45) is 2.48. The Labute approximate surface area is 84.7 Å². The minimum absolute atomic E-state index is 1.17. The first-order chi connectivity index (χ1) is 6.24. The van der Waals surface area contributed by atoms with Gasteiger partial charge < -0.3 is 9.96 Å². The van der Waals surface area contributed by atoms with E-state index in [-0.39, 0.29) is 0 Å². The highest BCUT2D eigenvalue weighted by molar-refractivity contribution is 6.74. The molecule has 13 heavy (non-hydrogen) atoms. The lowest BCUT2D eigenvalue weighted by Gasteiger charge is -2.31. The monoisotopic (exact) mass is 202 g/mol. The number of rotatable bonds is 8. The van der Waals surface area contributed by atoms with E-state index in [1.54, 1.807) is 0 Å². The van der Waals surface area contributed by atoms with Crippen molar-refractivity contribution in [2.75, 3.05) is 13.1 Å². The van der Waals surface area contributed by atoms with Crippen LogP contribution in [-0.4, -0.2) is 21.5 Å². The van der Waals surface area contributed by atoms with Gasteiger partial charge in [-0.1, -0.05) is 27.7 Å². The van der Waals surface area contributed by atoms with Gasteiger partial charge in [-0.15, -0.1) is 0 Å². The molecule has 2 nitrogen and oxygen atoms in total. The predicted octanol–water partition coefficient (Wildman–Crippen LogP) is 2.47. The van der Waals surface area contributed by atoms with Crippen molar-refractivity contribution in [3.63, 3.8) is 0 Å². The van der Waals surface area contributed by atoms with E-state index in [4.69, 9.17) is 0 Å². The second-order valence-electron chi connectivity index (χ2n) is 3.64. The zero-order valence-corrected chi connectivity index (χ0v) is 10.7. The second kappa shape index (κ2) is 7.53. The smallest absolute Gasteiger partial charge is 0.200 e. The summed E-state index contributed by atoms with van der Waals surface area (Å²) in [5.74, 6) is 0. The third kappa shape index (κ3) is 4.79. The Morgan fingerprint density at radius 2 is 1.15 bits per heavy atom. The zero-order valence-electron chi connectivity index (χ0n) is 9.74. The number of hydrogen-bond donors (Lipinski definition) is 2. The Morgan fingerprint density at radius 3 is 1.38 bits per heavy atom. The first-order valence-electron chi connectivity index (χ1n) is 5.74. The Hall–Kier alpha value is 0.137. The molecule has 0 atom stereocenters. The molecular weight excluding hydrogens is 176 g/mol. The largest absolute Gasteiger partial charge is 0.325 e. The molecule has 0 aliphatic carbocycles. The van der Waals surface area contributed by atoms with E-state index in [1.807, 2.05) is 0 Å². The summed E-state index contributed by atoms with van der Waals surface area (Å²) in [7, 11) is -1.29. The summed E-state index contributed by atoms with van der Waals surface area (Å²) >= 11 is 0. The maximum Gasteiger partial charge on any atom is 0.200 e. The molecule has 0 unspecified atom stereocenters. The predicted molar refractivity (Wildman–Crippen MR) is 63.3 cm³/mol. The molecule has 0 saturated carbocycles. The molecule has 0 aliphatic heterocycles. The maximum atomic E-state index is 3.74. The Kier molecular flexibility index (Phi) is 7.61. The van der Waals surface area contributed by atoms with Gasteiger partial charge in [-0.25, -0.2) is 0 Å². The first-order valence-corrected chi connectivity index (χ1v) is 8.16. The third-order valence-corrected chi connectivity index (χ3v) is 6.90. The van der Waals surface area contributed by atoms with Crippen LogP contribution in [0.5, 0.6) is 0 Å². The molecule has 0 saturated heterocycles. The molecule has 0 amide bonds. The van der Waals surface area contributed by atoms with Gasteiger partial charge in [0.1, 0.15) is 0 Å². The summed E-state index contributed by atoms with van der Waals surface area (Å²) in [4.78, 5) is 7.49. The van der Waals surface area contributed by atoms with Crippen LogP contribution in [0.1, 0.15) is 40.5 Å². The van der Waals surface area contributed by atoms with Crippen LogP contribution in [0.25, 0.3) is 0 Å². The van der Waals surface area contributed by atoms with Crippen LogP contribution < -0.4 is 9.96 Å². The summed E-state index contributed by atoms with van der Waals surface area (Å²) in [6.45, 7) is 11.4. The molecule has 0 heterocycles. The lowest BCUT2D eigenvalue weighted by molar-refractivity contribution is 0.749. The van der Waals surface area contributed by atoms with E-state index in [9.17, 15) is 0 Å². The van der Waals surface area contributed by atoms with Gasteiger partial charge >= 0.3 is 0 Å². The molecule has 2 N–H and O–H groups in total. The van der Waals surface area contributed by atoms with Gasteiger partial charge in [0.15, 0.2) is 0 Å². The van der Waals surface area contributed by atoms with Gasteiger partial charge in [-0.05, 0) is 38.0 Å². The molecule has 0 radical (unpaired) electrons. The molecule has 0 fully saturated rings. The minimum atomic E-state index is -1.29. The normalized spacial score (nSPS) is 12.0. The highest BCUT2D eigenvalue weighted by Crippen LogP contribution is 2.07. The topological polar surface area (TPSA) is 24.1 Å². The van der Waals surface area contributed by atoms with Crippen molar-refractivity contribution in [2.45, 2.75) is 52.6 Å². The molecule has 0 aromatic rings. The highest BCUT2D eigenvalue weighted by Gasteiger charge is 2.27. The van der Waals surface area contributed by atoms with Gasteiger partial charge in [0.05, 0.1) is 0 Å². The molecule has 0 spiro atoms. The van der Waals surface area contributed by atoms with E-state index in [1.165, 1.54) is 38.0 Å². The van der Waals surface area contributed by atoms with E-state index in [0.29, 0.717) is 0 Å². The molecular formula is C10H26N2Si. The summed E-state index contributed by atoms with van der Waals surface area (Å²) in [6, 6.07) is 2.59. The summed E-state index contributed by atoms with van der Waals surface area (Å²) < 4.78 is 0. The fourth-order valence-corrected chi connectivity index (χ4v) is 4.62. The van der Waals surface area contributed by atoms with Crippen LogP contribution in [0.15, 0.2) is 0 Å². The van der Waals surface area contributed by atoms with Crippen molar-refractivity contribution in [2.24, 2.45) is 0 Å². The fraction of sp³-hybridized carbons (Fsp3) is 1.00. The SMILES string of the molecule is CCCN[Si](CC)(CC)NCCC. The standard InChI is InChI=1S/C10H26N2Si/c1-5-9-11-13(7-3,8-4)12-10-6-2/h11-12H,5-10H2,1-4H3. The molecule has 0 aliphatic rings. The Bertz CT molecular complexity index is 103. The van der Waals surface area contributed by atoms with Crippen molar-refractivity contribution >= 4 is 8.40 Å². The second-order valence-corrected chi connectivity index (χ2v) is 7.93. The fourth-order valence-electron chi connectivity index (χ4n) is 1.54. The van der Waals surface area contributed by atoms with Crippen molar-refractivity contribution in [3.05, 3.63) is 0 Å². The molecule has 0 bridgehead atoms. The Balaban J connectivity index is 3.97.